The fourth-order valence-electron chi connectivity index (χ4n) is 2.37. The maximum Gasteiger partial charge on any atom is 0.251 e. The van der Waals surface area contributed by atoms with Gasteiger partial charge in [-0.05, 0) is 37.0 Å². The van der Waals surface area contributed by atoms with Crippen molar-refractivity contribution in [1.29, 1.82) is 0 Å². The van der Waals surface area contributed by atoms with Crippen LogP contribution < -0.4 is 11.1 Å². The summed E-state index contributed by atoms with van der Waals surface area (Å²) in [4.78, 5) is 16.3. The fourth-order valence-corrected chi connectivity index (χ4v) is 3.15. The number of nitrogens with two attached hydrogens (primary N) is 1. The van der Waals surface area contributed by atoms with Gasteiger partial charge in [0.05, 0.1) is 10.2 Å². The van der Waals surface area contributed by atoms with E-state index < -0.39 is 0 Å². The SMILES string of the molecule is Nc1nc2ccc(C(=O)NCC3CCOCC3)cc2s1. The van der Waals surface area contributed by atoms with Crippen molar-refractivity contribution >= 4 is 32.6 Å². The summed E-state index contributed by atoms with van der Waals surface area (Å²) in [7, 11) is 0. The molecule has 1 aromatic carbocycles. The summed E-state index contributed by atoms with van der Waals surface area (Å²) in [5, 5.41) is 3.53. The average Bonchev–Trinajstić information content (AvgIpc) is 2.85. The topological polar surface area (TPSA) is 77.2 Å². The van der Waals surface area contributed by atoms with E-state index in [0.717, 1.165) is 36.3 Å². The second-order valence-corrected chi connectivity index (χ2v) is 6.06. The molecule has 0 bridgehead atoms. The van der Waals surface area contributed by atoms with Crippen LogP contribution in [0.5, 0.6) is 0 Å². The molecular weight excluding hydrogens is 274 g/mol. The van der Waals surface area contributed by atoms with Gasteiger partial charge in [0, 0.05) is 25.3 Å². The van der Waals surface area contributed by atoms with E-state index in [-0.39, 0.29) is 5.91 Å². The van der Waals surface area contributed by atoms with E-state index in [1.54, 1.807) is 6.07 Å². The molecule has 0 spiro atoms. The van der Waals surface area contributed by atoms with E-state index in [1.165, 1.54) is 11.3 Å². The molecule has 0 unspecified atom stereocenters. The molecule has 1 saturated heterocycles. The number of thiazole rings is 1. The van der Waals surface area contributed by atoms with Gasteiger partial charge in [0.2, 0.25) is 0 Å². The van der Waals surface area contributed by atoms with E-state index in [9.17, 15) is 4.79 Å². The Morgan fingerprint density at radius 2 is 2.25 bits per heavy atom. The molecule has 0 radical (unpaired) electrons. The number of nitrogens with zero attached hydrogens (tertiary/aromatic N) is 1. The zero-order valence-corrected chi connectivity index (χ0v) is 11.9. The number of ether oxygens (including phenoxy) is 1. The third kappa shape index (κ3) is 2.91. The lowest BCUT2D eigenvalue weighted by Gasteiger charge is -2.22. The average molecular weight is 291 g/mol. The molecule has 106 valence electrons. The van der Waals surface area contributed by atoms with Crippen LogP contribution in [0.1, 0.15) is 23.2 Å². The van der Waals surface area contributed by atoms with Crippen LogP contribution >= 0.6 is 11.3 Å². The first kappa shape index (κ1) is 13.3. The highest BCUT2D eigenvalue weighted by molar-refractivity contribution is 7.22. The first-order valence-electron chi connectivity index (χ1n) is 6.74. The molecule has 1 fully saturated rings. The van der Waals surface area contributed by atoms with Crippen LogP contribution in [-0.2, 0) is 4.74 Å². The largest absolute Gasteiger partial charge is 0.381 e. The van der Waals surface area contributed by atoms with Gasteiger partial charge in [-0.25, -0.2) is 4.98 Å². The third-order valence-corrected chi connectivity index (χ3v) is 4.41. The van der Waals surface area contributed by atoms with Crippen molar-refractivity contribution in [3.8, 4) is 0 Å². The van der Waals surface area contributed by atoms with Crippen LogP contribution in [0.3, 0.4) is 0 Å². The first-order chi connectivity index (χ1) is 9.72. The number of carbonyl (C=O) groups excluding carboxylic acids is 1. The molecular formula is C14H17N3O2S. The minimum absolute atomic E-state index is 0.0367. The summed E-state index contributed by atoms with van der Waals surface area (Å²) in [5.41, 5.74) is 7.17. The summed E-state index contributed by atoms with van der Waals surface area (Å²) < 4.78 is 6.26. The molecule has 0 aliphatic carbocycles. The van der Waals surface area contributed by atoms with Crippen LogP contribution in [0.4, 0.5) is 5.13 Å². The van der Waals surface area contributed by atoms with Crippen LogP contribution in [-0.4, -0.2) is 30.6 Å². The summed E-state index contributed by atoms with van der Waals surface area (Å²) >= 11 is 1.40. The number of hydrogen-bond acceptors (Lipinski definition) is 5. The molecule has 3 N–H and O–H groups in total. The predicted molar refractivity (Wildman–Crippen MR) is 79.9 cm³/mol. The molecule has 1 aliphatic rings. The van der Waals surface area contributed by atoms with Gasteiger partial charge in [-0.2, -0.15) is 0 Å². The van der Waals surface area contributed by atoms with Crippen molar-refractivity contribution in [3.63, 3.8) is 0 Å². The fraction of sp³-hybridized carbons (Fsp3) is 0.429. The van der Waals surface area contributed by atoms with E-state index in [1.807, 2.05) is 12.1 Å². The zero-order chi connectivity index (χ0) is 13.9. The Morgan fingerprint density at radius 3 is 3.05 bits per heavy atom. The van der Waals surface area contributed by atoms with Gasteiger partial charge < -0.3 is 15.8 Å². The van der Waals surface area contributed by atoms with Crippen molar-refractivity contribution in [3.05, 3.63) is 23.8 Å². The Kier molecular flexibility index (Phi) is 3.84. The molecule has 0 atom stereocenters. The number of aromatic nitrogens is 1. The number of nitrogen functional groups attached to an aromatic ring is 1. The van der Waals surface area contributed by atoms with Crippen molar-refractivity contribution in [1.82, 2.24) is 10.3 Å². The van der Waals surface area contributed by atoms with E-state index >= 15 is 0 Å². The van der Waals surface area contributed by atoms with E-state index in [2.05, 4.69) is 10.3 Å². The normalized spacial score (nSPS) is 16.4. The Hall–Kier alpha value is -1.66. The minimum Gasteiger partial charge on any atom is -0.381 e. The van der Waals surface area contributed by atoms with Crippen LogP contribution in [0.15, 0.2) is 18.2 Å². The summed E-state index contributed by atoms with van der Waals surface area (Å²) in [6, 6.07) is 5.48. The van der Waals surface area contributed by atoms with Gasteiger partial charge >= 0.3 is 0 Å². The van der Waals surface area contributed by atoms with Crippen molar-refractivity contribution < 1.29 is 9.53 Å². The van der Waals surface area contributed by atoms with Gasteiger partial charge in [-0.15, -0.1) is 0 Å². The Balaban J connectivity index is 1.65. The number of nitrogens with one attached hydrogen (secondary N) is 1. The van der Waals surface area contributed by atoms with Gasteiger partial charge in [0.1, 0.15) is 0 Å². The molecule has 2 heterocycles. The summed E-state index contributed by atoms with van der Waals surface area (Å²) in [6.45, 7) is 2.31. The number of anilines is 1. The van der Waals surface area contributed by atoms with Crippen molar-refractivity contribution in [2.24, 2.45) is 5.92 Å². The first-order valence-corrected chi connectivity index (χ1v) is 7.56. The quantitative estimate of drug-likeness (QED) is 0.907. The number of hydrogen-bond donors (Lipinski definition) is 2. The van der Waals surface area contributed by atoms with Crippen molar-refractivity contribution in [2.45, 2.75) is 12.8 Å². The van der Waals surface area contributed by atoms with Crippen LogP contribution in [0, 0.1) is 5.92 Å². The van der Waals surface area contributed by atoms with Crippen molar-refractivity contribution in [2.75, 3.05) is 25.5 Å². The second kappa shape index (κ2) is 5.76. The molecule has 1 amide bonds. The Bertz CT molecular complexity index is 620. The van der Waals surface area contributed by atoms with Gasteiger partial charge in [-0.3, -0.25) is 4.79 Å². The highest BCUT2D eigenvalue weighted by atomic mass is 32.1. The highest BCUT2D eigenvalue weighted by Gasteiger charge is 2.15. The van der Waals surface area contributed by atoms with E-state index in [0.29, 0.717) is 23.2 Å². The molecule has 0 saturated carbocycles. The smallest absolute Gasteiger partial charge is 0.251 e. The number of carbonyl (C=O) groups is 1. The standard InChI is InChI=1S/C14H17N3O2S/c15-14-17-11-2-1-10(7-12(11)20-14)13(18)16-8-9-3-5-19-6-4-9/h1-2,7,9H,3-6,8H2,(H2,15,17)(H,16,18). The predicted octanol–water partition coefficient (Wildman–Crippen LogP) is 2.03. The number of benzene rings is 1. The lowest BCUT2D eigenvalue weighted by Crippen LogP contribution is -2.32. The number of fused-ring (bicyclic) bond motifs is 1. The Labute approximate surface area is 121 Å². The number of amides is 1. The maximum absolute atomic E-state index is 12.1. The maximum atomic E-state index is 12.1. The van der Waals surface area contributed by atoms with Gasteiger partial charge in [-0.1, -0.05) is 11.3 Å². The molecule has 6 heteroatoms. The number of rotatable bonds is 3. The molecule has 20 heavy (non-hydrogen) atoms. The summed E-state index contributed by atoms with van der Waals surface area (Å²) in [6.07, 6.45) is 2.04. The third-order valence-electron chi connectivity index (χ3n) is 3.56. The second-order valence-electron chi connectivity index (χ2n) is 5.00. The molecule has 3 rings (SSSR count). The molecule has 2 aromatic rings. The Morgan fingerprint density at radius 1 is 1.45 bits per heavy atom. The lowest BCUT2D eigenvalue weighted by molar-refractivity contribution is 0.0643. The van der Waals surface area contributed by atoms with E-state index in [4.69, 9.17) is 10.5 Å². The summed E-state index contributed by atoms with van der Waals surface area (Å²) in [5.74, 6) is 0.487. The molecule has 1 aliphatic heterocycles. The zero-order valence-electron chi connectivity index (χ0n) is 11.1. The van der Waals surface area contributed by atoms with Crippen LogP contribution in [0.2, 0.25) is 0 Å². The van der Waals surface area contributed by atoms with Gasteiger partial charge in [0.25, 0.3) is 5.91 Å². The molecule has 5 nitrogen and oxygen atoms in total. The van der Waals surface area contributed by atoms with Crippen LogP contribution in [0.25, 0.3) is 10.2 Å². The highest BCUT2D eigenvalue weighted by Crippen LogP contribution is 2.24. The lowest BCUT2D eigenvalue weighted by atomic mass is 10.0. The minimum atomic E-state index is -0.0367. The van der Waals surface area contributed by atoms with Gasteiger partial charge in [0.15, 0.2) is 5.13 Å². The monoisotopic (exact) mass is 291 g/mol. The molecule has 1 aromatic heterocycles.